The topological polar surface area (TPSA) is 68.5 Å². The lowest BCUT2D eigenvalue weighted by Gasteiger charge is -2.39. The van der Waals surface area contributed by atoms with E-state index in [0.717, 1.165) is 60.8 Å². The molecular weight excluding hydrogens is 390 g/mol. The summed E-state index contributed by atoms with van der Waals surface area (Å²) >= 11 is 0. The molecule has 0 spiro atoms. The monoisotopic (exact) mass is 419 g/mol. The van der Waals surface area contributed by atoms with Gasteiger partial charge < -0.3 is 9.26 Å². The Morgan fingerprint density at radius 3 is 2.65 bits per heavy atom. The van der Waals surface area contributed by atoms with E-state index < -0.39 is 5.41 Å². The normalized spacial score (nSPS) is 16.2. The Labute approximate surface area is 183 Å². The zero-order valence-electron chi connectivity index (χ0n) is 18.2. The third-order valence-corrected chi connectivity index (χ3v) is 6.13. The molecule has 6 nitrogen and oxygen atoms in total. The third-order valence-electron chi connectivity index (χ3n) is 6.13. The van der Waals surface area contributed by atoms with Crippen LogP contribution >= 0.6 is 0 Å². The van der Waals surface area contributed by atoms with Crippen LogP contribution in [0.4, 0.5) is 0 Å². The van der Waals surface area contributed by atoms with Gasteiger partial charge in [-0.3, -0.25) is 14.7 Å². The second-order valence-electron chi connectivity index (χ2n) is 8.27. The Bertz CT molecular complexity index is 1010. The van der Waals surface area contributed by atoms with E-state index >= 15 is 0 Å². The molecule has 1 aromatic carbocycles. The molecule has 3 aromatic rings. The Balaban J connectivity index is 1.49. The van der Waals surface area contributed by atoms with Crippen molar-refractivity contribution in [2.45, 2.75) is 39.7 Å². The van der Waals surface area contributed by atoms with Gasteiger partial charge >= 0.3 is 5.97 Å². The maximum absolute atomic E-state index is 13.0. The maximum atomic E-state index is 13.0. The van der Waals surface area contributed by atoms with Crippen molar-refractivity contribution < 1.29 is 14.1 Å². The van der Waals surface area contributed by atoms with E-state index in [4.69, 9.17) is 9.26 Å². The molecule has 4 rings (SSSR count). The molecule has 0 unspecified atom stereocenters. The van der Waals surface area contributed by atoms with Gasteiger partial charge in [0.2, 0.25) is 0 Å². The number of esters is 1. The van der Waals surface area contributed by atoms with Crippen LogP contribution < -0.4 is 0 Å². The molecule has 0 radical (unpaired) electrons. The van der Waals surface area contributed by atoms with Crippen LogP contribution in [0.2, 0.25) is 0 Å². The number of pyridine rings is 1. The summed E-state index contributed by atoms with van der Waals surface area (Å²) in [5, 5.41) is 4.27. The average Bonchev–Trinajstić information content (AvgIpc) is 3.24. The molecule has 2 aromatic heterocycles. The van der Waals surface area contributed by atoms with Crippen LogP contribution in [-0.4, -0.2) is 40.7 Å². The number of nitrogens with zero attached hydrogens (tertiary/aromatic N) is 3. The predicted octanol–water partition coefficient (Wildman–Crippen LogP) is 4.43. The zero-order valence-corrected chi connectivity index (χ0v) is 18.2. The number of hydrogen-bond donors (Lipinski definition) is 0. The molecule has 1 aliphatic heterocycles. The molecule has 1 saturated heterocycles. The summed E-state index contributed by atoms with van der Waals surface area (Å²) in [7, 11) is 0. The average molecular weight is 420 g/mol. The highest BCUT2D eigenvalue weighted by Gasteiger charge is 2.43. The third kappa shape index (κ3) is 4.85. The van der Waals surface area contributed by atoms with Gasteiger partial charge in [-0.05, 0) is 57.5 Å². The van der Waals surface area contributed by atoms with Crippen LogP contribution in [-0.2, 0) is 22.5 Å². The Morgan fingerprint density at radius 1 is 1.16 bits per heavy atom. The summed E-state index contributed by atoms with van der Waals surface area (Å²) in [5.74, 6) is 0.589. The number of carbonyl (C=O) groups is 1. The highest BCUT2D eigenvalue weighted by molar-refractivity contribution is 5.77. The lowest BCUT2D eigenvalue weighted by molar-refractivity contribution is -0.159. The van der Waals surface area contributed by atoms with Crippen molar-refractivity contribution in [1.82, 2.24) is 15.0 Å². The Morgan fingerprint density at radius 2 is 1.94 bits per heavy atom. The number of hydrogen-bond acceptors (Lipinski definition) is 6. The molecule has 162 valence electrons. The number of likely N-dealkylation sites (tertiary alicyclic amines) is 1. The van der Waals surface area contributed by atoms with Crippen LogP contribution in [0.5, 0.6) is 0 Å². The van der Waals surface area contributed by atoms with Crippen LogP contribution in [0.25, 0.3) is 11.3 Å². The first kappa shape index (κ1) is 21.2. The van der Waals surface area contributed by atoms with Gasteiger partial charge in [-0.15, -0.1) is 0 Å². The van der Waals surface area contributed by atoms with Crippen molar-refractivity contribution in [1.29, 1.82) is 0 Å². The van der Waals surface area contributed by atoms with Gasteiger partial charge in [0.05, 0.1) is 17.7 Å². The zero-order chi connectivity index (χ0) is 21.7. The number of benzene rings is 1. The SMILES string of the molecule is CCOC(=O)C1(Cc2cc(-c3ccccc3C)no2)CCN(Cc2ccccn2)CC1. The highest BCUT2D eigenvalue weighted by Crippen LogP contribution is 2.38. The smallest absolute Gasteiger partial charge is 0.312 e. The quantitative estimate of drug-likeness (QED) is 0.528. The molecule has 3 heterocycles. The first-order chi connectivity index (χ1) is 15.1. The van der Waals surface area contributed by atoms with Gasteiger partial charge in [-0.25, -0.2) is 0 Å². The molecule has 0 aliphatic carbocycles. The first-order valence-corrected chi connectivity index (χ1v) is 10.9. The molecule has 0 atom stereocenters. The molecule has 6 heteroatoms. The number of rotatable bonds is 7. The lowest BCUT2D eigenvalue weighted by Crippen LogP contribution is -2.46. The fourth-order valence-corrected chi connectivity index (χ4v) is 4.31. The minimum Gasteiger partial charge on any atom is -0.466 e. The van der Waals surface area contributed by atoms with Crippen molar-refractivity contribution in [3.63, 3.8) is 0 Å². The summed E-state index contributed by atoms with van der Waals surface area (Å²) in [4.78, 5) is 19.8. The van der Waals surface area contributed by atoms with Gasteiger partial charge in [-0.2, -0.15) is 0 Å². The minimum atomic E-state index is -0.584. The highest BCUT2D eigenvalue weighted by atomic mass is 16.5. The molecule has 0 amide bonds. The summed E-state index contributed by atoms with van der Waals surface area (Å²) < 4.78 is 11.2. The van der Waals surface area contributed by atoms with E-state index in [1.807, 2.05) is 55.6 Å². The van der Waals surface area contributed by atoms with Crippen LogP contribution in [0.1, 0.15) is 36.8 Å². The summed E-state index contributed by atoms with van der Waals surface area (Å²) in [6.45, 7) is 6.71. The van der Waals surface area contributed by atoms with E-state index in [-0.39, 0.29) is 5.97 Å². The van der Waals surface area contributed by atoms with Gasteiger partial charge in [0, 0.05) is 30.8 Å². The Hall–Kier alpha value is -2.99. The summed E-state index contributed by atoms with van der Waals surface area (Å²) in [6.07, 6.45) is 3.76. The second kappa shape index (κ2) is 9.43. The summed E-state index contributed by atoms with van der Waals surface area (Å²) in [6, 6.07) is 16.0. The fraction of sp³-hybridized carbons (Fsp3) is 0.400. The minimum absolute atomic E-state index is 0.138. The van der Waals surface area contributed by atoms with E-state index in [1.165, 1.54) is 0 Å². The second-order valence-corrected chi connectivity index (χ2v) is 8.27. The van der Waals surface area contributed by atoms with E-state index in [1.54, 1.807) is 0 Å². The van der Waals surface area contributed by atoms with Gasteiger partial charge in [0.15, 0.2) is 0 Å². The van der Waals surface area contributed by atoms with E-state index in [0.29, 0.717) is 13.0 Å². The van der Waals surface area contributed by atoms with Crippen molar-refractivity contribution in [3.8, 4) is 11.3 Å². The Kier molecular flexibility index (Phi) is 6.47. The molecular formula is C25H29N3O3. The maximum Gasteiger partial charge on any atom is 0.312 e. The van der Waals surface area contributed by atoms with Crippen LogP contribution in [0.15, 0.2) is 59.3 Å². The molecule has 1 aliphatic rings. The van der Waals surface area contributed by atoms with Gasteiger partial charge in [-0.1, -0.05) is 35.5 Å². The predicted molar refractivity (Wildman–Crippen MR) is 118 cm³/mol. The summed E-state index contributed by atoms with van der Waals surface area (Å²) in [5.41, 5.74) is 3.46. The van der Waals surface area contributed by atoms with Crippen LogP contribution in [0, 0.1) is 12.3 Å². The number of piperidine rings is 1. The number of aromatic nitrogens is 2. The standard InChI is InChI=1S/C25H29N3O3/c1-3-30-24(29)25(11-14-28(15-12-25)18-20-9-6-7-13-26-20)17-21-16-23(27-31-21)22-10-5-4-8-19(22)2/h4-10,13,16H,3,11-12,14-15,17-18H2,1-2H3. The molecule has 1 fully saturated rings. The van der Waals surface area contributed by atoms with Crippen molar-refractivity contribution >= 4 is 5.97 Å². The molecule has 31 heavy (non-hydrogen) atoms. The van der Waals surface area contributed by atoms with E-state index in [2.05, 4.69) is 28.0 Å². The largest absolute Gasteiger partial charge is 0.466 e. The molecule has 0 bridgehead atoms. The van der Waals surface area contributed by atoms with Crippen molar-refractivity contribution in [2.75, 3.05) is 19.7 Å². The lowest BCUT2D eigenvalue weighted by atomic mass is 9.75. The molecule has 0 N–H and O–H groups in total. The van der Waals surface area contributed by atoms with Crippen molar-refractivity contribution in [3.05, 3.63) is 71.7 Å². The number of carbonyl (C=O) groups excluding carboxylic acids is 1. The van der Waals surface area contributed by atoms with E-state index in [9.17, 15) is 4.79 Å². The fourth-order valence-electron chi connectivity index (χ4n) is 4.31. The van der Waals surface area contributed by atoms with Crippen LogP contribution in [0.3, 0.4) is 0 Å². The van der Waals surface area contributed by atoms with Gasteiger partial charge in [0.1, 0.15) is 11.5 Å². The number of aryl methyl sites for hydroxylation is 1. The first-order valence-electron chi connectivity index (χ1n) is 10.9. The van der Waals surface area contributed by atoms with Crippen molar-refractivity contribution in [2.24, 2.45) is 5.41 Å². The molecule has 0 saturated carbocycles. The number of ether oxygens (including phenoxy) is 1. The van der Waals surface area contributed by atoms with Gasteiger partial charge in [0.25, 0.3) is 0 Å².